The van der Waals surface area contributed by atoms with Crippen LogP contribution >= 0.6 is 11.8 Å². The molecule has 0 aromatic carbocycles. The highest BCUT2D eigenvalue weighted by molar-refractivity contribution is 7.99. The van der Waals surface area contributed by atoms with Gasteiger partial charge in [-0.05, 0) is 6.42 Å². The predicted octanol–water partition coefficient (Wildman–Crippen LogP) is -0.0218. The van der Waals surface area contributed by atoms with Crippen molar-refractivity contribution in [1.29, 1.82) is 0 Å². The van der Waals surface area contributed by atoms with Gasteiger partial charge in [0.25, 0.3) is 5.56 Å². The van der Waals surface area contributed by atoms with E-state index in [0.717, 1.165) is 13.0 Å². The number of nitrogens with zero attached hydrogens (tertiary/aromatic N) is 1. The van der Waals surface area contributed by atoms with Gasteiger partial charge in [-0.2, -0.15) is 0 Å². The molecule has 0 spiro atoms. The van der Waals surface area contributed by atoms with Gasteiger partial charge in [0, 0.05) is 24.9 Å². The third-order valence-corrected chi connectivity index (χ3v) is 3.49. The van der Waals surface area contributed by atoms with Crippen molar-refractivity contribution in [1.82, 2.24) is 9.97 Å². The van der Waals surface area contributed by atoms with Crippen molar-refractivity contribution in [2.45, 2.75) is 22.9 Å². The Labute approximate surface area is 91.4 Å². The van der Waals surface area contributed by atoms with Gasteiger partial charge in [0.1, 0.15) is 0 Å². The van der Waals surface area contributed by atoms with E-state index in [-0.39, 0.29) is 16.9 Å². The second-order valence-electron chi connectivity index (χ2n) is 3.42. The Morgan fingerprint density at radius 2 is 2.53 bits per heavy atom. The number of rotatable bonds is 2. The third kappa shape index (κ3) is 2.80. The highest BCUT2D eigenvalue weighted by Gasteiger charge is 2.24. The number of ether oxygens (including phenoxy) is 1. The second-order valence-corrected chi connectivity index (χ2v) is 4.65. The Bertz CT molecular complexity index is 382. The molecular weight excluding hydrogens is 214 g/mol. The molecule has 82 valence electrons. The molecule has 15 heavy (non-hydrogen) atoms. The maximum absolute atomic E-state index is 11.0. The van der Waals surface area contributed by atoms with Crippen molar-refractivity contribution < 1.29 is 4.74 Å². The maximum atomic E-state index is 11.0. The van der Waals surface area contributed by atoms with E-state index in [0.29, 0.717) is 11.8 Å². The molecule has 1 aliphatic rings. The van der Waals surface area contributed by atoms with E-state index in [1.165, 1.54) is 24.0 Å². The van der Waals surface area contributed by atoms with E-state index in [9.17, 15) is 4.79 Å². The standard InChI is InChI=1S/C9H13N3O2S/c10-6-2-4-14-5-7(6)15-9-11-3-1-8(13)12-9/h1,3,6-7H,2,4-5,10H2,(H,11,12,13). The third-order valence-electron chi connectivity index (χ3n) is 2.27. The smallest absolute Gasteiger partial charge is 0.251 e. The summed E-state index contributed by atoms with van der Waals surface area (Å²) in [5.74, 6) is 0. The molecule has 2 atom stereocenters. The summed E-state index contributed by atoms with van der Waals surface area (Å²) in [7, 11) is 0. The fourth-order valence-electron chi connectivity index (χ4n) is 1.41. The molecule has 1 saturated heterocycles. The molecule has 0 radical (unpaired) electrons. The molecule has 5 nitrogen and oxygen atoms in total. The van der Waals surface area contributed by atoms with Gasteiger partial charge < -0.3 is 15.5 Å². The molecule has 1 fully saturated rings. The number of aromatic nitrogens is 2. The first-order valence-corrected chi connectivity index (χ1v) is 5.69. The minimum absolute atomic E-state index is 0.106. The normalized spacial score (nSPS) is 26.5. The number of nitrogens with one attached hydrogen (secondary N) is 1. The highest BCUT2D eigenvalue weighted by Crippen LogP contribution is 2.24. The molecule has 0 bridgehead atoms. The Hall–Kier alpha value is -0.850. The summed E-state index contributed by atoms with van der Waals surface area (Å²) in [6.07, 6.45) is 2.35. The minimum atomic E-state index is -0.141. The molecule has 2 rings (SSSR count). The first-order valence-electron chi connectivity index (χ1n) is 4.81. The molecule has 1 aromatic heterocycles. The van der Waals surface area contributed by atoms with Crippen LogP contribution in [0.3, 0.4) is 0 Å². The molecule has 2 heterocycles. The molecule has 1 aromatic rings. The second kappa shape index (κ2) is 4.78. The van der Waals surface area contributed by atoms with Crippen LogP contribution in [0, 0.1) is 0 Å². The Kier molecular flexibility index (Phi) is 3.40. The van der Waals surface area contributed by atoms with E-state index in [1.807, 2.05) is 0 Å². The van der Waals surface area contributed by atoms with Gasteiger partial charge in [-0.25, -0.2) is 4.98 Å². The van der Waals surface area contributed by atoms with Crippen molar-refractivity contribution in [3.63, 3.8) is 0 Å². The van der Waals surface area contributed by atoms with Gasteiger partial charge in [0.15, 0.2) is 5.16 Å². The van der Waals surface area contributed by atoms with Crippen LogP contribution in [0.25, 0.3) is 0 Å². The first kappa shape index (κ1) is 10.7. The number of hydrogen-bond acceptors (Lipinski definition) is 5. The summed E-state index contributed by atoms with van der Waals surface area (Å²) in [5, 5.41) is 0.776. The molecule has 1 aliphatic heterocycles. The molecule has 0 amide bonds. The molecule has 3 N–H and O–H groups in total. The van der Waals surface area contributed by atoms with Crippen LogP contribution in [0.1, 0.15) is 6.42 Å². The van der Waals surface area contributed by atoms with Crippen molar-refractivity contribution in [2.75, 3.05) is 13.2 Å². The largest absolute Gasteiger partial charge is 0.380 e. The summed E-state index contributed by atoms with van der Waals surface area (Å²) in [6, 6.07) is 1.50. The maximum Gasteiger partial charge on any atom is 0.251 e. The molecular formula is C9H13N3O2S. The SMILES string of the molecule is NC1CCOCC1Sc1nccc(=O)[nH]1. The average Bonchev–Trinajstić information content (AvgIpc) is 2.22. The number of hydrogen-bond donors (Lipinski definition) is 2. The van der Waals surface area contributed by atoms with E-state index < -0.39 is 0 Å². The van der Waals surface area contributed by atoms with Crippen molar-refractivity contribution in [3.05, 3.63) is 22.6 Å². The van der Waals surface area contributed by atoms with Crippen LogP contribution in [0.5, 0.6) is 0 Å². The van der Waals surface area contributed by atoms with Crippen LogP contribution in [-0.4, -0.2) is 34.5 Å². The van der Waals surface area contributed by atoms with Gasteiger partial charge in [-0.15, -0.1) is 0 Å². The van der Waals surface area contributed by atoms with Gasteiger partial charge in [0.2, 0.25) is 0 Å². The van der Waals surface area contributed by atoms with Crippen LogP contribution in [0.4, 0.5) is 0 Å². The summed E-state index contributed by atoms with van der Waals surface area (Å²) < 4.78 is 5.33. The predicted molar refractivity (Wildman–Crippen MR) is 57.9 cm³/mol. The fraction of sp³-hybridized carbons (Fsp3) is 0.556. The zero-order valence-electron chi connectivity index (χ0n) is 8.18. The Morgan fingerprint density at radius 1 is 1.67 bits per heavy atom. The van der Waals surface area contributed by atoms with Crippen LogP contribution < -0.4 is 11.3 Å². The number of H-pyrrole nitrogens is 1. The first-order chi connectivity index (χ1) is 7.25. The summed E-state index contributed by atoms with van der Waals surface area (Å²) >= 11 is 1.47. The Balaban J connectivity index is 2.04. The topological polar surface area (TPSA) is 81.0 Å². The van der Waals surface area contributed by atoms with Crippen LogP contribution in [0.15, 0.2) is 22.2 Å². The van der Waals surface area contributed by atoms with Crippen molar-refractivity contribution in [2.24, 2.45) is 5.73 Å². The van der Waals surface area contributed by atoms with Gasteiger partial charge in [-0.1, -0.05) is 11.8 Å². The fourth-order valence-corrected chi connectivity index (χ4v) is 2.45. The lowest BCUT2D eigenvalue weighted by molar-refractivity contribution is 0.0915. The number of aromatic amines is 1. The van der Waals surface area contributed by atoms with Gasteiger partial charge in [0.05, 0.1) is 11.9 Å². The quantitative estimate of drug-likeness (QED) is 0.694. The molecule has 0 saturated carbocycles. The lowest BCUT2D eigenvalue weighted by atomic mass is 10.1. The summed E-state index contributed by atoms with van der Waals surface area (Å²) in [5.41, 5.74) is 5.80. The van der Waals surface area contributed by atoms with Crippen molar-refractivity contribution >= 4 is 11.8 Å². The van der Waals surface area contributed by atoms with E-state index >= 15 is 0 Å². The van der Waals surface area contributed by atoms with Gasteiger partial charge >= 0.3 is 0 Å². The molecule has 2 unspecified atom stereocenters. The average molecular weight is 227 g/mol. The monoisotopic (exact) mass is 227 g/mol. The number of thioether (sulfide) groups is 1. The number of nitrogens with two attached hydrogens (primary N) is 1. The van der Waals surface area contributed by atoms with E-state index in [2.05, 4.69) is 9.97 Å². The minimum Gasteiger partial charge on any atom is -0.380 e. The Morgan fingerprint density at radius 3 is 3.27 bits per heavy atom. The van der Waals surface area contributed by atoms with E-state index in [4.69, 9.17) is 10.5 Å². The molecule has 6 heteroatoms. The lowest BCUT2D eigenvalue weighted by Gasteiger charge is -2.27. The lowest BCUT2D eigenvalue weighted by Crippen LogP contribution is -2.41. The zero-order chi connectivity index (χ0) is 10.7. The van der Waals surface area contributed by atoms with Crippen molar-refractivity contribution in [3.8, 4) is 0 Å². The highest BCUT2D eigenvalue weighted by atomic mass is 32.2. The van der Waals surface area contributed by atoms with Gasteiger partial charge in [-0.3, -0.25) is 4.79 Å². The summed E-state index contributed by atoms with van der Waals surface area (Å²) in [4.78, 5) is 17.8. The molecule has 0 aliphatic carbocycles. The zero-order valence-corrected chi connectivity index (χ0v) is 9.00. The van der Waals surface area contributed by atoms with E-state index in [1.54, 1.807) is 0 Å². The van der Waals surface area contributed by atoms with Crippen LogP contribution in [0.2, 0.25) is 0 Å². The summed E-state index contributed by atoms with van der Waals surface area (Å²) in [6.45, 7) is 1.33. The van der Waals surface area contributed by atoms with Crippen LogP contribution in [-0.2, 0) is 4.74 Å².